The van der Waals surface area contributed by atoms with Crippen molar-refractivity contribution >= 4 is 5.91 Å². The molecule has 1 aromatic rings. The topological polar surface area (TPSA) is 64.3 Å². The fraction of sp³-hybridized carbons (Fsp3) is 0.462. The Bertz CT molecular complexity index is 449. The third-order valence-electron chi connectivity index (χ3n) is 2.55. The minimum atomic E-state index is -4.52. The first kappa shape index (κ1) is 16.3. The SMILES string of the molecule is CC(Oc1ccccc1C(F)(F)F)C(=O)NCCCN. The summed E-state index contributed by atoms with van der Waals surface area (Å²) in [5.41, 5.74) is 4.37. The molecule has 0 radical (unpaired) electrons. The molecule has 0 fully saturated rings. The molecule has 1 rings (SSSR count). The van der Waals surface area contributed by atoms with Crippen molar-refractivity contribution in [3.8, 4) is 5.75 Å². The number of hydrogen-bond acceptors (Lipinski definition) is 3. The van der Waals surface area contributed by atoms with E-state index >= 15 is 0 Å². The lowest BCUT2D eigenvalue weighted by atomic mass is 10.2. The molecule has 0 heterocycles. The van der Waals surface area contributed by atoms with Crippen molar-refractivity contribution in [3.63, 3.8) is 0 Å². The van der Waals surface area contributed by atoms with E-state index in [0.717, 1.165) is 6.07 Å². The Kier molecular flexibility index (Phi) is 5.82. The van der Waals surface area contributed by atoms with Crippen LogP contribution in [0.25, 0.3) is 0 Å². The predicted molar refractivity (Wildman–Crippen MR) is 68.2 cm³/mol. The Hall–Kier alpha value is -1.76. The van der Waals surface area contributed by atoms with Crippen molar-refractivity contribution in [2.24, 2.45) is 5.73 Å². The maximum atomic E-state index is 12.8. The van der Waals surface area contributed by atoms with Gasteiger partial charge in [0.1, 0.15) is 5.75 Å². The summed E-state index contributed by atoms with van der Waals surface area (Å²) in [5.74, 6) is -0.836. The second-order valence-electron chi connectivity index (χ2n) is 4.19. The van der Waals surface area contributed by atoms with Crippen LogP contribution in [0, 0.1) is 0 Å². The summed E-state index contributed by atoms with van der Waals surface area (Å²) in [6.07, 6.45) is -4.94. The summed E-state index contributed by atoms with van der Waals surface area (Å²) in [6, 6.07) is 4.78. The molecular formula is C13H17F3N2O2. The molecule has 7 heteroatoms. The van der Waals surface area contributed by atoms with Crippen LogP contribution < -0.4 is 15.8 Å². The summed E-state index contributed by atoms with van der Waals surface area (Å²) in [5, 5.41) is 2.54. The second kappa shape index (κ2) is 7.14. The molecule has 1 amide bonds. The van der Waals surface area contributed by atoms with Crippen molar-refractivity contribution in [3.05, 3.63) is 29.8 Å². The van der Waals surface area contributed by atoms with Crippen LogP contribution in [0.15, 0.2) is 24.3 Å². The van der Waals surface area contributed by atoms with E-state index in [1.807, 2.05) is 0 Å². The van der Waals surface area contributed by atoms with Gasteiger partial charge in [-0.3, -0.25) is 4.79 Å². The van der Waals surface area contributed by atoms with Crippen molar-refractivity contribution < 1.29 is 22.7 Å². The zero-order chi connectivity index (χ0) is 15.2. The number of carbonyl (C=O) groups is 1. The van der Waals surface area contributed by atoms with E-state index in [1.165, 1.54) is 25.1 Å². The van der Waals surface area contributed by atoms with Crippen LogP contribution in [0.3, 0.4) is 0 Å². The number of para-hydroxylation sites is 1. The summed E-state index contributed by atoms with van der Waals surface area (Å²) >= 11 is 0. The lowest BCUT2D eigenvalue weighted by molar-refractivity contribution is -0.140. The van der Waals surface area contributed by atoms with E-state index < -0.39 is 23.8 Å². The number of ether oxygens (including phenoxy) is 1. The Morgan fingerprint density at radius 1 is 1.40 bits per heavy atom. The highest BCUT2D eigenvalue weighted by atomic mass is 19.4. The highest BCUT2D eigenvalue weighted by Gasteiger charge is 2.34. The molecule has 0 spiro atoms. The van der Waals surface area contributed by atoms with Gasteiger partial charge in [0.05, 0.1) is 5.56 Å². The van der Waals surface area contributed by atoms with Gasteiger partial charge < -0.3 is 15.8 Å². The van der Waals surface area contributed by atoms with E-state index in [0.29, 0.717) is 19.5 Å². The Morgan fingerprint density at radius 2 is 2.05 bits per heavy atom. The maximum Gasteiger partial charge on any atom is 0.419 e. The van der Waals surface area contributed by atoms with Crippen LogP contribution in [-0.4, -0.2) is 25.1 Å². The van der Waals surface area contributed by atoms with E-state index in [1.54, 1.807) is 0 Å². The molecule has 1 aromatic carbocycles. The molecule has 0 saturated heterocycles. The molecule has 0 saturated carbocycles. The normalized spacial score (nSPS) is 12.8. The Balaban J connectivity index is 2.71. The monoisotopic (exact) mass is 290 g/mol. The van der Waals surface area contributed by atoms with Gasteiger partial charge in [0.25, 0.3) is 5.91 Å². The molecule has 0 aliphatic carbocycles. The van der Waals surface area contributed by atoms with Gasteiger partial charge in [-0.25, -0.2) is 0 Å². The highest BCUT2D eigenvalue weighted by Crippen LogP contribution is 2.36. The third-order valence-corrected chi connectivity index (χ3v) is 2.55. The second-order valence-corrected chi connectivity index (χ2v) is 4.19. The van der Waals surface area contributed by atoms with Crippen molar-refractivity contribution in [2.75, 3.05) is 13.1 Å². The summed E-state index contributed by atoms with van der Waals surface area (Å²) < 4.78 is 43.4. The van der Waals surface area contributed by atoms with Gasteiger partial charge in [-0.05, 0) is 32.0 Å². The van der Waals surface area contributed by atoms with Crippen LogP contribution in [0.2, 0.25) is 0 Å². The van der Waals surface area contributed by atoms with E-state index in [4.69, 9.17) is 10.5 Å². The summed E-state index contributed by atoms with van der Waals surface area (Å²) in [7, 11) is 0. The molecule has 1 unspecified atom stereocenters. The largest absolute Gasteiger partial charge is 0.480 e. The van der Waals surface area contributed by atoms with Gasteiger partial charge in [-0.15, -0.1) is 0 Å². The van der Waals surface area contributed by atoms with Gasteiger partial charge in [0, 0.05) is 6.54 Å². The fourth-order valence-electron chi connectivity index (χ4n) is 1.50. The Morgan fingerprint density at radius 3 is 2.65 bits per heavy atom. The first-order valence-corrected chi connectivity index (χ1v) is 6.17. The maximum absolute atomic E-state index is 12.8. The Labute approximate surface area is 115 Å². The van der Waals surface area contributed by atoms with Crippen LogP contribution in [0.5, 0.6) is 5.75 Å². The highest BCUT2D eigenvalue weighted by molar-refractivity contribution is 5.80. The quantitative estimate of drug-likeness (QED) is 0.787. The molecule has 1 atom stereocenters. The van der Waals surface area contributed by atoms with Crippen molar-refractivity contribution in [2.45, 2.75) is 25.6 Å². The average molecular weight is 290 g/mol. The molecule has 4 nitrogen and oxygen atoms in total. The van der Waals surface area contributed by atoms with Crippen LogP contribution in [0.4, 0.5) is 13.2 Å². The van der Waals surface area contributed by atoms with Crippen LogP contribution in [0.1, 0.15) is 18.9 Å². The minimum Gasteiger partial charge on any atom is -0.480 e. The number of rotatable bonds is 6. The van der Waals surface area contributed by atoms with Gasteiger partial charge in [0.2, 0.25) is 0 Å². The van der Waals surface area contributed by atoms with E-state index in [-0.39, 0.29) is 5.75 Å². The third kappa shape index (κ3) is 4.73. The van der Waals surface area contributed by atoms with Gasteiger partial charge >= 0.3 is 6.18 Å². The van der Waals surface area contributed by atoms with Gasteiger partial charge in [0.15, 0.2) is 6.10 Å². The number of nitrogens with one attached hydrogen (secondary N) is 1. The minimum absolute atomic E-state index is 0.360. The molecule has 0 bridgehead atoms. The first-order chi connectivity index (χ1) is 9.36. The smallest absolute Gasteiger partial charge is 0.419 e. The van der Waals surface area contributed by atoms with Crippen LogP contribution in [-0.2, 0) is 11.0 Å². The van der Waals surface area contributed by atoms with Crippen LogP contribution >= 0.6 is 0 Å². The number of carbonyl (C=O) groups excluding carboxylic acids is 1. The molecule has 0 aliphatic heterocycles. The number of hydrogen-bond donors (Lipinski definition) is 2. The van der Waals surface area contributed by atoms with Gasteiger partial charge in [-0.2, -0.15) is 13.2 Å². The lowest BCUT2D eigenvalue weighted by Crippen LogP contribution is -2.37. The van der Waals surface area contributed by atoms with E-state index in [9.17, 15) is 18.0 Å². The average Bonchev–Trinajstić information content (AvgIpc) is 2.38. The number of alkyl halides is 3. The summed E-state index contributed by atoms with van der Waals surface area (Å²) in [4.78, 5) is 11.6. The molecular weight excluding hydrogens is 273 g/mol. The summed E-state index contributed by atoms with van der Waals surface area (Å²) in [6.45, 7) is 2.18. The molecule has 0 aromatic heterocycles. The zero-order valence-corrected chi connectivity index (χ0v) is 11.0. The standard InChI is InChI=1S/C13H17F3N2O2/c1-9(12(19)18-8-4-7-17)20-11-6-3-2-5-10(11)13(14,15)16/h2-3,5-6,9H,4,7-8,17H2,1H3,(H,18,19). The molecule has 112 valence electrons. The zero-order valence-electron chi connectivity index (χ0n) is 11.0. The van der Waals surface area contributed by atoms with Crippen molar-refractivity contribution in [1.82, 2.24) is 5.32 Å². The first-order valence-electron chi connectivity index (χ1n) is 6.17. The fourth-order valence-corrected chi connectivity index (χ4v) is 1.50. The van der Waals surface area contributed by atoms with Crippen molar-refractivity contribution in [1.29, 1.82) is 0 Å². The molecule has 0 aliphatic rings. The number of benzene rings is 1. The molecule has 20 heavy (non-hydrogen) atoms. The predicted octanol–water partition coefficient (Wildman–Crippen LogP) is 1.94. The van der Waals surface area contributed by atoms with Gasteiger partial charge in [-0.1, -0.05) is 12.1 Å². The van der Waals surface area contributed by atoms with E-state index in [2.05, 4.69) is 5.32 Å². The molecule has 3 N–H and O–H groups in total. The number of nitrogens with two attached hydrogens (primary N) is 1. The lowest BCUT2D eigenvalue weighted by Gasteiger charge is -2.18. The number of halogens is 3. The number of amides is 1.